The molecule has 1 aliphatic rings. The second-order valence-corrected chi connectivity index (χ2v) is 6.63. The third-order valence-corrected chi connectivity index (χ3v) is 5.22. The van der Waals surface area contributed by atoms with Crippen LogP contribution in [0, 0.1) is 0 Å². The first-order chi connectivity index (χ1) is 10.3. The molecule has 0 saturated carbocycles. The van der Waals surface area contributed by atoms with Crippen molar-refractivity contribution in [3.63, 3.8) is 0 Å². The molecule has 0 radical (unpaired) electrons. The normalized spacial score (nSPS) is 15.6. The molecule has 1 aromatic heterocycles. The molecule has 1 aromatic carbocycles. The molecule has 0 fully saturated rings. The molecule has 0 aliphatic carbocycles. The molecule has 1 unspecified atom stereocenters. The molecule has 110 valence electrons. The molecule has 0 bridgehead atoms. The summed E-state index contributed by atoms with van der Waals surface area (Å²) in [6, 6.07) is 12.4. The van der Waals surface area contributed by atoms with Crippen molar-refractivity contribution in [2.45, 2.75) is 38.6 Å². The zero-order valence-corrected chi connectivity index (χ0v) is 13.2. The average molecular weight is 299 g/mol. The molecule has 0 spiro atoms. The van der Waals surface area contributed by atoms with Gasteiger partial charge in [-0.2, -0.15) is 0 Å². The number of fused-ring (bicyclic) bond motifs is 1. The van der Waals surface area contributed by atoms with E-state index < -0.39 is 0 Å². The number of rotatable bonds is 4. The SMILES string of the molecule is CCCC(C(=O)N1CCc2sccc2C1)c1ccccc1. The van der Waals surface area contributed by atoms with E-state index in [1.54, 1.807) is 0 Å². The Hall–Kier alpha value is -1.61. The first-order valence-electron chi connectivity index (χ1n) is 7.68. The fraction of sp³-hybridized carbons (Fsp3) is 0.389. The van der Waals surface area contributed by atoms with Gasteiger partial charge in [-0.3, -0.25) is 4.79 Å². The van der Waals surface area contributed by atoms with Crippen molar-refractivity contribution >= 4 is 17.2 Å². The van der Waals surface area contributed by atoms with Gasteiger partial charge in [0, 0.05) is 18.0 Å². The molecular weight excluding hydrogens is 278 g/mol. The van der Waals surface area contributed by atoms with Crippen LogP contribution in [0.1, 0.15) is 41.7 Å². The highest BCUT2D eigenvalue weighted by Crippen LogP contribution is 2.29. The van der Waals surface area contributed by atoms with Gasteiger partial charge in [-0.05, 0) is 35.4 Å². The molecule has 0 N–H and O–H groups in total. The smallest absolute Gasteiger partial charge is 0.230 e. The van der Waals surface area contributed by atoms with Gasteiger partial charge in [0.1, 0.15) is 0 Å². The summed E-state index contributed by atoms with van der Waals surface area (Å²) in [6.45, 7) is 3.79. The van der Waals surface area contributed by atoms with Crippen molar-refractivity contribution in [3.05, 3.63) is 57.8 Å². The van der Waals surface area contributed by atoms with Crippen molar-refractivity contribution in [1.82, 2.24) is 4.90 Å². The zero-order chi connectivity index (χ0) is 14.7. The maximum Gasteiger partial charge on any atom is 0.230 e. The van der Waals surface area contributed by atoms with Crippen LogP contribution in [-0.4, -0.2) is 17.4 Å². The monoisotopic (exact) mass is 299 g/mol. The van der Waals surface area contributed by atoms with Crippen LogP contribution in [0.4, 0.5) is 0 Å². The summed E-state index contributed by atoms with van der Waals surface area (Å²) in [5.74, 6) is 0.302. The average Bonchev–Trinajstić information content (AvgIpc) is 3.00. The van der Waals surface area contributed by atoms with Crippen molar-refractivity contribution in [2.24, 2.45) is 0 Å². The molecule has 2 nitrogen and oxygen atoms in total. The fourth-order valence-corrected chi connectivity index (χ4v) is 3.95. The largest absolute Gasteiger partial charge is 0.337 e. The van der Waals surface area contributed by atoms with Crippen molar-refractivity contribution in [2.75, 3.05) is 6.54 Å². The van der Waals surface area contributed by atoms with E-state index in [0.29, 0.717) is 5.91 Å². The number of hydrogen-bond acceptors (Lipinski definition) is 2. The zero-order valence-electron chi connectivity index (χ0n) is 12.4. The Morgan fingerprint density at radius 3 is 2.86 bits per heavy atom. The number of carbonyl (C=O) groups is 1. The Bertz CT molecular complexity index is 605. The van der Waals surface area contributed by atoms with E-state index in [-0.39, 0.29) is 5.92 Å². The molecule has 21 heavy (non-hydrogen) atoms. The number of benzene rings is 1. The molecule has 1 atom stereocenters. The van der Waals surface area contributed by atoms with Gasteiger partial charge in [0.15, 0.2) is 0 Å². The lowest BCUT2D eigenvalue weighted by atomic mass is 9.92. The van der Waals surface area contributed by atoms with Gasteiger partial charge in [-0.25, -0.2) is 0 Å². The third-order valence-electron chi connectivity index (χ3n) is 4.20. The van der Waals surface area contributed by atoms with Gasteiger partial charge < -0.3 is 4.90 Å². The van der Waals surface area contributed by atoms with Crippen LogP contribution in [-0.2, 0) is 17.8 Å². The van der Waals surface area contributed by atoms with Gasteiger partial charge in [0.05, 0.1) is 5.92 Å². The summed E-state index contributed by atoms with van der Waals surface area (Å²) in [5, 5.41) is 2.14. The Morgan fingerprint density at radius 2 is 2.10 bits per heavy atom. The Balaban J connectivity index is 1.79. The summed E-state index contributed by atoms with van der Waals surface area (Å²) in [5.41, 5.74) is 2.49. The Labute approximate surface area is 130 Å². The van der Waals surface area contributed by atoms with E-state index in [4.69, 9.17) is 0 Å². The molecule has 2 aromatic rings. The van der Waals surface area contributed by atoms with Crippen LogP contribution in [0.15, 0.2) is 41.8 Å². The van der Waals surface area contributed by atoms with E-state index >= 15 is 0 Å². The molecule has 0 saturated heterocycles. The lowest BCUT2D eigenvalue weighted by Gasteiger charge is -2.30. The van der Waals surface area contributed by atoms with E-state index in [2.05, 4.69) is 30.5 Å². The fourth-order valence-electron chi connectivity index (χ4n) is 3.06. The van der Waals surface area contributed by atoms with E-state index in [9.17, 15) is 4.79 Å². The quantitative estimate of drug-likeness (QED) is 0.828. The second kappa shape index (κ2) is 6.44. The molecule has 2 heterocycles. The number of thiophene rings is 1. The predicted molar refractivity (Wildman–Crippen MR) is 87.5 cm³/mol. The number of hydrogen-bond donors (Lipinski definition) is 0. The van der Waals surface area contributed by atoms with Crippen molar-refractivity contribution < 1.29 is 4.79 Å². The molecule has 1 amide bonds. The van der Waals surface area contributed by atoms with Crippen LogP contribution in [0.5, 0.6) is 0 Å². The first kappa shape index (κ1) is 14.3. The van der Waals surface area contributed by atoms with Crippen molar-refractivity contribution in [1.29, 1.82) is 0 Å². The van der Waals surface area contributed by atoms with Crippen LogP contribution >= 0.6 is 11.3 Å². The third kappa shape index (κ3) is 3.03. The number of amides is 1. The van der Waals surface area contributed by atoms with Gasteiger partial charge in [0.25, 0.3) is 0 Å². The maximum absolute atomic E-state index is 12.9. The van der Waals surface area contributed by atoms with Gasteiger partial charge in [-0.1, -0.05) is 43.7 Å². The summed E-state index contributed by atoms with van der Waals surface area (Å²) >= 11 is 1.82. The molecular formula is C18H21NOS. The number of carbonyl (C=O) groups excluding carboxylic acids is 1. The lowest BCUT2D eigenvalue weighted by Crippen LogP contribution is -2.38. The highest BCUT2D eigenvalue weighted by atomic mass is 32.1. The van der Waals surface area contributed by atoms with E-state index in [1.807, 2.05) is 34.4 Å². The van der Waals surface area contributed by atoms with Crippen LogP contribution in [0.25, 0.3) is 0 Å². The Morgan fingerprint density at radius 1 is 1.29 bits per heavy atom. The number of nitrogens with zero attached hydrogens (tertiary/aromatic N) is 1. The summed E-state index contributed by atoms with van der Waals surface area (Å²) < 4.78 is 0. The van der Waals surface area contributed by atoms with Crippen LogP contribution < -0.4 is 0 Å². The van der Waals surface area contributed by atoms with E-state index in [1.165, 1.54) is 10.4 Å². The summed E-state index contributed by atoms with van der Waals surface area (Å²) in [6.07, 6.45) is 2.96. The minimum atomic E-state index is 0.0105. The minimum absolute atomic E-state index is 0.0105. The van der Waals surface area contributed by atoms with Crippen molar-refractivity contribution in [3.8, 4) is 0 Å². The summed E-state index contributed by atoms with van der Waals surface area (Å²) in [4.78, 5) is 16.4. The standard InChI is InChI=1S/C18H21NOS/c1-2-6-16(14-7-4-3-5-8-14)18(20)19-11-9-17-15(13-19)10-12-21-17/h3-5,7-8,10,12,16H,2,6,9,11,13H2,1H3. The molecule has 3 rings (SSSR count). The molecule has 3 heteroatoms. The van der Waals surface area contributed by atoms with E-state index in [0.717, 1.165) is 37.9 Å². The second-order valence-electron chi connectivity index (χ2n) is 5.63. The predicted octanol–water partition coefficient (Wildman–Crippen LogP) is 4.22. The highest BCUT2D eigenvalue weighted by molar-refractivity contribution is 7.10. The highest BCUT2D eigenvalue weighted by Gasteiger charge is 2.28. The van der Waals surface area contributed by atoms with Gasteiger partial charge in [0.2, 0.25) is 5.91 Å². The Kier molecular flexibility index (Phi) is 4.39. The summed E-state index contributed by atoms with van der Waals surface area (Å²) in [7, 11) is 0. The minimum Gasteiger partial charge on any atom is -0.337 e. The van der Waals surface area contributed by atoms with Gasteiger partial charge >= 0.3 is 0 Å². The first-order valence-corrected chi connectivity index (χ1v) is 8.56. The van der Waals surface area contributed by atoms with Crippen LogP contribution in [0.3, 0.4) is 0 Å². The lowest BCUT2D eigenvalue weighted by molar-refractivity contribution is -0.134. The molecule has 1 aliphatic heterocycles. The van der Waals surface area contributed by atoms with Gasteiger partial charge in [-0.15, -0.1) is 11.3 Å². The topological polar surface area (TPSA) is 20.3 Å². The van der Waals surface area contributed by atoms with Crippen LogP contribution in [0.2, 0.25) is 0 Å². The maximum atomic E-state index is 12.9.